The summed E-state index contributed by atoms with van der Waals surface area (Å²) in [6.07, 6.45) is -0.132. The van der Waals surface area contributed by atoms with Crippen LogP contribution in [0.4, 0.5) is 4.79 Å². The number of rotatable bonds is 7. The molecule has 2 amide bonds. The van der Waals surface area contributed by atoms with E-state index in [9.17, 15) is 19.5 Å². The number of fused-ring (bicyclic) bond motifs is 3. The van der Waals surface area contributed by atoms with Gasteiger partial charge < -0.3 is 25.2 Å². The Hall–Kier alpha value is -3.39. The summed E-state index contributed by atoms with van der Waals surface area (Å²) < 4.78 is 11.2. The van der Waals surface area contributed by atoms with Gasteiger partial charge >= 0.3 is 12.1 Å². The van der Waals surface area contributed by atoms with Crippen LogP contribution in [0.15, 0.2) is 48.5 Å². The number of benzene rings is 2. The molecule has 2 aliphatic rings. The number of carbonyl (C=O) groups excluding carboxylic acids is 2. The number of alkyl carbamates (subject to hydrolysis) is 1. The Kier molecular flexibility index (Phi) is 7.17. The minimum atomic E-state index is -1.23. The number of aliphatic carboxylic acids is 1. The lowest BCUT2D eigenvalue weighted by molar-refractivity contribution is -0.140. The third-order valence-corrected chi connectivity index (χ3v) is 6.37. The van der Waals surface area contributed by atoms with Gasteiger partial charge in [0.15, 0.2) is 0 Å². The van der Waals surface area contributed by atoms with Gasteiger partial charge in [-0.2, -0.15) is 0 Å². The highest BCUT2D eigenvalue weighted by Crippen LogP contribution is 2.44. The lowest BCUT2D eigenvalue weighted by atomic mass is 9.98. The highest BCUT2D eigenvalue weighted by atomic mass is 16.5. The molecule has 0 radical (unpaired) electrons. The zero-order valence-electron chi connectivity index (χ0n) is 19.3. The molecule has 2 aromatic carbocycles. The predicted octanol–water partition coefficient (Wildman–Crippen LogP) is 3.44. The molecule has 1 heterocycles. The van der Waals surface area contributed by atoms with E-state index >= 15 is 0 Å². The molecule has 3 N–H and O–H groups in total. The molecule has 1 aliphatic carbocycles. The van der Waals surface area contributed by atoms with Crippen LogP contribution in [0, 0.1) is 0 Å². The highest BCUT2D eigenvalue weighted by molar-refractivity contribution is 5.89. The van der Waals surface area contributed by atoms with Crippen LogP contribution in [0.25, 0.3) is 11.1 Å². The number of carboxylic acids is 1. The van der Waals surface area contributed by atoms with E-state index in [-0.39, 0.29) is 30.8 Å². The van der Waals surface area contributed by atoms with Crippen molar-refractivity contribution in [1.82, 2.24) is 10.6 Å². The first kappa shape index (κ1) is 23.8. The van der Waals surface area contributed by atoms with Crippen LogP contribution >= 0.6 is 0 Å². The first-order valence-electron chi connectivity index (χ1n) is 11.6. The van der Waals surface area contributed by atoms with Gasteiger partial charge in [-0.25, -0.2) is 4.79 Å². The Balaban J connectivity index is 1.39. The van der Waals surface area contributed by atoms with Crippen LogP contribution in [0.3, 0.4) is 0 Å². The molecule has 2 aromatic rings. The van der Waals surface area contributed by atoms with Gasteiger partial charge in [-0.15, -0.1) is 0 Å². The van der Waals surface area contributed by atoms with Gasteiger partial charge in [0.25, 0.3) is 0 Å². The molecule has 180 valence electrons. The van der Waals surface area contributed by atoms with E-state index in [1.54, 1.807) is 0 Å². The smallest absolute Gasteiger partial charge is 0.407 e. The first-order valence-corrected chi connectivity index (χ1v) is 11.6. The molecule has 1 aliphatic heterocycles. The lowest BCUT2D eigenvalue weighted by Crippen LogP contribution is -2.53. The van der Waals surface area contributed by atoms with Crippen molar-refractivity contribution >= 4 is 18.0 Å². The third-order valence-electron chi connectivity index (χ3n) is 6.37. The average Bonchev–Trinajstić information content (AvgIpc) is 3.10. The summed E-state index contributed by atoms with van der Waals surface area (Å²) in [5.41, 5.74) is 4.35. The zero-order valence-corrected chi connectivity index (χ0v) is 19.3. The van der Waals surface area contributed by atoms with Gasteiger partial charge in [0.05, 0.1) is 18.6 Å². The van der Waals surface area contributed by atoms with Gasteiger partial charge in [-0.05, 0) is 48.9 Å². The number of amides is 2. The predicted molar refractivity (Wildman–Crippen MR) is 125 cm³/mol. The summed E-state index contributed by atoms with van der Waals surface area (Å²) in [5, 5.41) is 14.6. The van der Waals surface area contributed by atoms with Crippen molar-refractivity contribution in [3.63, 3.8) is 0 Å². The Morgan fingerprint density at radius 1 is 1.00 bits per heavy atom. The summed E-state index contributed by atoms with van der Waals surface area (Å²) in [6.45, 7) is 3.94. The summed E-state index contributed by atoms with van der Waals surface area (Å²) >= 11 is 0. The molecular formula is C26H30N2O6. The van der Waals surface area contributed by atoms with Crippen molar-refractivity contribution < 1.29 is 29.0 Å². The van der Waals surface area contributed by atoms with Gasteiger partial charge in [0, 0.05) is 12.0 Å². The molecular weight excluding hydrogens is 436 g/mol. The largest absolute Gasteiger partial charge is 0.481 e. The van der Waals surface area contributed by atoms with E-state index < -0.39 is 30.4 Å². The molecule has 34 heavy (non-hydrogen) atoms. The second kappa shape index (κ2) is 10.3. The topological polar surface area (TPSA) is 114 Å². The number of hydrogen-bond acceptors (Lipinski definition) is 5. The number of ether oxygens (including phenoxy) is 2. The monoisotopic (exact) mass is 466 g/mol. The number of hydrogen-bond donors (Lipinski definition) is 3. The van der Waals surface area contributed by atoms with Crippen LogP contribution < -0.4 is 10.6 Å². The molecule has 0 bridgehead atoms. The van der Waals surface area contributed by atoms with E-state index in [2.05, 4.69) is 10.6 Å². The van der Waals surface area contributed by atoms with Gasteiger partial charge in [-0.3, -0.25) is 9.59 Å². The minimum Gasteiger partial charge on any atom is -0.481 e. The third kappa shape index (κ3) is 5.39. The van der Waals surface area contributed by atoms with Crippen molar-refractivity contribution in [2.45, 2.75) is 63.3 Å². The van der Waals surface area contributed by atoms with Crippen LogP contribution in [-0.4, -0.2) is 54.0 Å². The second-order valence-corrected chi connectivity index (χ2v) is 9.05. The highest BCUT2D eigenvalue weighted by Gasteiger charge is 2.32. The number of carboxylic acid groups (broad SMARTS) is 1. The van der Waals surface area contributed by atoms with E-state index in [0.717, 1.165) is 22.3 Å². The zero-order chi connectivity index (χ0) is 24.2. The second-order valence-electron chi connectivity index (χ2n) is 9.05. The van der Waals surface area contributed by atoms with E-state index in [4.69, 9.17) is 9.47 Å². The normalized spacial score (nSPS) is 22.2. The summed E-state index contributed by atoms with van der Waals surface area (Å²) in [6, 6.07) is 14.6. The fourth-order valence-corrected chi connectivity index (χ4v) is 4.99. The summed E-state index contributed by atoms with van der Waals surface area (Å²) in [4.78, 5) is 36.7. The van der Waals surface area contributed by atoms with Crippen molar-refractivity contribution in [2.24, 2.45) is 0 Å². The SMILES string of the molecule is C[C@@H]1CC(NC(=O)C(CC(=O)O)NC(=O)OCC2c3ccccc3-c3ccccc32)C[C@H](C)O1. The van der Waals surface area contributed by atoms with Gasteiger partial charge in [0.1, 0.15) is 12.6 Å². The molecule has 8 nitrogen and oxygen atoms in total. The maximum Gasteiger partial charge on any atom is 0.407 e. The number of nitrogens with one attached hydrogen (secondary N) is 2. The first-order chi connectivity index (χ1) is 16.3. The van der Waals surface area contributed by atoms with Crippen LogP contribution in [0.1, 0.15) is 50.2 Å². The summed E-state index contributed by atoms with van der Waals surface area (Å²) in [5.74, 6) is -1.86. The summed E-state index contributed by atoms with van der Waals surface area (Å²) in [7, 11) is 0. The Bertz CT molecular complexity index is 1020. The fourth-order valence-electron chi connectivity index (χ4n) is 4.99. The van der Waals surface area contributed by atoms with Crippen molar-refractivity contribution in [3.05, 3.63) is 59.7 Å². The molecule has 4 rings (SSSR count). The fraction of sp³-hybridized carbons (Fsp3) is 0.423. The van der Waals surface area contributed by atoms with Gasteiger partial charge in [-0.1, -0.05) is 48.5 Å². The van der Waals surface area contributed by atoms with E-state index in [0.29, 0.717) is 12.8 Å². The van der Waals surface area contributed by atoms with Crippen LogP contribution in [0.5, 0.6) is 0 Å². The lowest BCUT2D eigenvalue weighted by Gasteiger charge is -2.33. The maximum atomic E-state index is 12.8. The number of carbonyl (C=O) groups is 3. The molecule has 2 unspecified atom stereocenters. The molecule has 0 spiro atoms. The van der Waals surface area contributed by atoms with Crippen LogP contribution in [-0.2, 0) is 19.1 Å². The molecule has 0 saturated carbocycles. The molecule has 0 aromatic heterocycles. The standard InChI is InChI=1S/C26H30N2O6/c1-15-11-17(12-16(2)34-15)27-25(31)23(13-24(29)30)28-26(32)33-14-22-20-9-5-3-7-18(20)19-8-4-6-10-21(19)22/h3-10,15-17,22-23H,11-14H2,1-2H3,(H,27,31)(H,28,32)(H,29,30)/t15-,16+,17?,23?. The van der Waals surface area contributed by atoms with E-state index in [1.165, 1.54) is 0 Å². The Morgan fingerprint density at radius 3 is 2.12 bits per heavy atom. The molecule has 1 saturated heterocycles. The van der Waals surface area contributed by atoms with Crippen LogP contribution in [0.2, 0.25) is 0 Å². The maximum absolute atomic E-state index is 12.8. The molecule has 4 atom stereocenters. The minimum absolute atomic E-state index is 0.0120. The molecule has 1 fully saturated rings. The Labute approximate surface area is 198 Å². The van der Waals surface area contributed by atoms with Crippen molar-refractivity contribution in [2.75, 3.05) is 6.61 Å². The van der Waals surface area contributed by atoms with E-state index in [1.807, 2.05) is 62.4 Å². The van der Waals surface area contributed by atoms with Crippen molar-refractivity contribution in [1.29, 1.82) is 0 Å². The van der Waals surface area contributed by atoms with Gasteiger partial charge in [0.2, 0.25) is 5.91 Å². The molecule has 8 heteroatoms. The van der Waals surface area contributed by atoms with Crippen molar-refractivity contribution in [3.8, 4) is 11.1 Å². The average molecular weight is 467 g/mol. The quantitative estimate of drug-likeness (QED) is 0.576. The Morgan fingerprint density at radius 2 is 1.56 bits per heavy atom.